The van der Waals surface area contributed by atoms with Gasteiger partial charge in [0.05, 0.1) is 0 Å². The molecule has 0 fully saturated rings. The lowest BCUT2D eigenvalue weighted by Crippen LogP contribution is -2.32. The Morgan fingerprint density at radius 3 is 2.19 bits per heavy atom. The van der Waals surface area contributed by atoms with E-state index in [1.807, 2.05) is 63.2 Å². The van der Waals surface area contributed by atoms with Gasteiger partial charge in [-0.25, -0.2) is 0 Å². The van der Waals surface area contributed by atoms with Crippen molar-refractivity contribution in [3.63, 3.8) is 0 Å². The van der Waals surface area contributed by atoms with Crippen molar-refractivity contribution in [2.45, 2.75) is 26.8 Å². The second kappa shape index (κ2) is 6.76. The summed E-state index contributed by atoms with van der Waals surface area (Å²) in [5.41, 5.74) is 3.95. The first-order chi connectivity index (χ1) is 9.97. The average molecular weight is 347 g/mol. The van der Waals surface area contributed by atoms with Gasteiger partial charge in [-0.2, -0.15) is 0 Å². The van der Waals surface area contributed by atoms with E-state index in [0.29, 0.717) is 0 Å². The topological polar surface area (TPSA) is 41.1 Å². The van der Waals surface area contributed by atoms with Crippen molar-refractivity contribution in [1.29, 1.82) is 0 Å². The molecule has 2 rings (SSSR count). The summed E-state index contributed by atoms with van der Waals surface area (Å²) in [7, 11) is 0. The summed E-state index contributed by atoms with van der Waals surface area (Å²) in [5, 5.41) is 6.19. The highest BCUT2D eigenvalue weighted by Gasteiger charge is 2.14. The third-order valence-corrected chi connectivity index (χ3v) is 3.88. The Labute approximate surface area is 133 Å². The largest absolute Gasteiger partial charge is 0.374 e. The molecule has 21 heavy (non-hydrogen) atoms. The molecular formula is C17H19BrN2O. The predicted molar refractivity (Wildman–Crippen MR) is 91.8 cm³/mol. The van der Waals surface area contributed by atoms with Crippen LogP contribution in [0.2, 0.25) is 0 Å². The van der Waals surface area contributed by atoms with E-state index in [0.717, 1.165) is 27.0 Å². The number of nitrogens with one attached hydrogen (secondary N) is 2. The molecular weight excluding hydrogens is 328 g/mol. The van der Waals surface area contributed by atoms with Gasteiger partial charge in [-0.05, 0) is 56.2 Å². The maximum Gasteiger partial charge on any atom is 0.246 e. The molecule has 0 aliphatic rings. The Hall–Kier alpha value is -1.81. The van der Waals surface area contributed by atoms with Crippen LogP contribution >= 0.6 is 15.9 Å². The minimum atomic E-state index is -0.315. The number of hydrogen-bond acceptors (Lipinski definition) is 2. The van der Waals surface area contributed by atoms with Crippen molar-refractivity contribution >= 4 is 33.2 Å². The zero-order valence-electron chi connectivity index (χ0n) is 12.4. The number of para-hydroxylation sites is 1. The molecule has 2 N–H and O–H groups in total. The van der Waals surface area contributed by atoms with E-state index in [9.17, 15) is 4.79 Å². The van der Waals surface area contributed by atoms with E-state index in [2.05, 4.69) is 26.6 Å². The van der Waals surface area contributed by atoms with Gasteiger partial charge in [-0.1, -0.05) is 34.1 Å². The minimum Gasteiger partial charge on any atom is -0.374 e. The molecule has 2 aromatic carbocycles. The third kappa shape index (κ3) is 4.08. The molecule has 0 aliphatic heterocycles. The highest BCUT2D eigenvalue weighted by Crippen LogP contribution is 2.20. The van der Waals surface area contributed by atoms with Crippen LogP contribution in [0.1, 0.15) is 18.1 Å². The van der Waals surface area contributed by atoms with Crippen molar-refractivity contribution in [3.05, 3.63) is 58.1 Å². The van der Waals surface area contributed by atoms with E-state index in [1.165, 1.54) is 0 Å². The molecule has 0 heterocycles. The predicted octanol–water partition coefficient (Wildman–Crippen LogP) is 4.51. The van der Waals surface area contributed by atoms with E-state index in [1.54, 1.807) is 0 Å². The fourth-order valence-electron chi connectivity index (χ4n) is 2.10. The Balaban J connectivity index is 2.04. The van der Waals surface area contributed by atoms with Gasteiger partial charge in [0.1, 0.15) is 6.04 Å². The molecule has 1 unspecified atom stereocenters. The molecule has 0 bridgehead atoms. The van der Waals surface area contributed by atoms with Crippen LogP contribution < -0.4 is 10.6 Å². The second-order valence-electron chi connectivity index (χ2n) is 5.13. The Bertz CT molecular complexity index is 617. The lowest BCUT2D eigenvalue weighted by atomic mass is 10.1. The van der Waals surface area contributed by atoms with Gasteiger partial charge < -0.3 is 10.6 Å². The van der Waals surface area contributed by atoms with Crippen LogP contribution in [0.4, 0.5) is 11.4 Å². The summed E-state index contributed by atoms with van der Waals surface area (Å²) >= 11 is 3.39. The molecule has 0 saturated heterocycles. The quantitative estimate of drug-likeness (QED) is 0.855. The van der Waals surface area contributed by atoms with Gasteiger partial charge in [0, 0.05) is 15.8 Å². The number of amides is 1. The summed E-state index contributed by atoms with van der Waals surface area (Å²) in [6, 6.07) is 13.4. The first-order valence-electron chi connectivity index (χ1n) is 6.86. The van der Waals surface area contributed by atoms with Crippen LogP contribution in [0.3, 0.4) is 0 Å². The van der Waals surface area contributed by atoms with Gasteiger partial charge >= 0.3 is 0 Å². The Morgan fingerprint density at radius 1 is 1.05 bits per heavy atom. The number of carbonyl (C=O) groups is 1. The van der Waals surface area contributed by atoms with E-state index >= 15 is 0 Å². The van der Waals surface area contributed by atoms with Gasteiger partial charge in [-0.3, -0.25) is 4.79 Å². The monoisotopic (exact) mass is 346 g/mol. The molecule has 2 aromatic rings. The number of anilines is 2. The highest BCUT2D eigenvalue weighted by atomic mass is 79.9. The highest BCUT2D eigenvalue weighted by molar-refractivity contribution is 9.10. The van der Waals surface area contributed by atoms with Crippen molar-refractivity contribution in [2.24, 2.45) is 0 Å². The maximum absolute atomic E-state index is 12.3. The van der Waals surface area contributed by atoms with Crippen molar-refractivity contribution < 1.29 is 4.79 Å². The first-order valence-corrected chi connectivity index (χ1v) is 7.66. The van der Waals surface area contributed by atoms with Gasteiger partial charge in [0.2, 0.25) is 5.91 Å². The lowest BCUT2D eigenvalue weighted by Gasteiger charge is -2.17. The van der Waals surface area contributed by atoms with Gasteiger partial charge in [-0.15, -0.1) is 0 Å². The van der Waals surface area contributed by atoms with Gasteiger partial charge in [0.25, 0.3) is 0 Å². The molecule has 0 spiro atoms. The number of hydrogen-bond donors (Lipinski definition) is 2. The molecule has 0 saturated carbocycles. The molecule has 1 atom stereocenters. The summed E-state index contributed by atoms with van der Waals surface area (Å²) in [5.74, 6) is -0.0460. The molecule has 1 amide bonds. The van der Waals surface area contributed by atoms with Crippen LogP contribution in [0, 0.1) is 13.8 Å². The number of benzene rings is 2. The number of halogens is 1. The van der Waals surface area contributed by atoms with Crippen LogP contribution in [-0.4, -0.2) is 11.9 Å². The van der Waals surface area contributed by atoms with Crippen molar-refractivity contribution in [1.82, 2.24) is 0 Å². The van der Waals surface area contributed by atoms with Gasteiger partial charge in [0.15, 0.2) is 0 Å². The number of rotatable bonds is 4. The molecule has 0 aliphatic carbocycles. The van der Waals surface area contributed by atoms with Crippen LogP contribution in [0.5, 0.6) is 0 Å². The SMILES string of the molecule is Cc1cccc(C)c1NC(=O)C(C)Nc1ccc(Br)cc1. The first kappa shape index (κ1) is 15.6. The zero-order chi connectivity index (χ0) is 15.4. The van der Waals surface area contributed by atoms with E-state index in [4.69, 9.17) is 0 Å². The zero-order valence-corrected chi connectivity index (χ0v) is 14.0. The van der Waals surface area contributed by atoms with Crippen molar-refractivity contribution in [3.8, 4) is 0 Å². The minimum absolute atomic E-state index is 0.0460. The summed E-state index contributed by atoms with van der Waals surface area (Å²) < 4.78 is 1.01. The average Bonchev–Trinajstić information content (AvgIpc) is 2.45. The third-order valence-electron chi connectivity index (χ3n) is 3.35. The van der Waals surface area contributed by atoms with E-state index < -0.39 is 0 Å². The number of carbonyl (C=O) groups excluding carboxylic acids is 1. The molecule has 110 valence electrons. The fraction of sp³-hybridized carbons (Fsp3) is 0.235. The molecule has 0 aromatic heterocycles. The standard InChI is InChI=1S/C17H19BrN2O/c1-11-5-4-6-12(2)16(11)20-17(21)13(3)19-15-9-7-14(18)8-10-15/h4-10,13,19H,1-3H3,(H,20,21). The fourth-order valence-corrected chi connectivity index (χ4v) is 2.37. The van der Waals surface area contributed by atoms with Crippen LogP contribution in [0.15, 0.2) is 46.9 Å². The Kier molecular flexibility index (Phi) is 5.02. The lowest BCUT2D eigenvalue weighted by molar-refractivity contribution is -0.116. The molecule has 3 nitrogen and oxygen atoms in total. The summed E-state index contributed by atoms with van der Waals surface area (Å²) in [6.07, 6.45) is 0. The molecule has 4 heteroatoms. The second-order valence-corrected chi connectivity index (χ2v) is 6.04. The van der Waals surface area contributed by atoms with Crippen molar-refractivity contribution in [2.75, 3.05) is 10.6 Å². The maximum atomic E-state index is 12.3. The van der Waals surface area contributed by atoms with E-state index in [-0.39, 0.29) is 11.9 Å². The van der Waals surface area contributed by atoms with Crippen LogP contribution in [0.25, 0.3) is 0 Å². The summed E-state index contributed by atoms with van der Waals surface area (Å²) in [6.45, 7) is 5.84. The molecule has 0 radical (unpaired) electrons. The van der Waals surface area contributed by atoms with Crippen LogP contribution in [-0.2, 0) is 4.79 Å². The summed E-state index contributed by atoms with van der Waals surface area (Å²) in [4.78, 5) is 12.3. The number of aryl methyl sites for hydroxylation is 2. The Morgan fingerprint density at radius 2 is 1.62 bits per heavy atom. The smallest absolute Gasteiger partial charge is 0.246 e. The normalized spacial score (nSPS) is 11.8.